The number of pyridine rings is 1. The predicted octanol–water partition coefficient (Wildman–Crippen LogP) is 2.99. The maximum Gasteiger partial charge on any atom is 0.125 e. The molecule has 0 aromatic carbocycles. The highest BCUT2D eigenvalue weighted by Crippen LogP contribution is 2.48. The Bertz CT molecular complexity index is 432. The summed E-state index contributed by atoms with van der Waals surface area (Å²) in [7, 11) is 4.18. The summed E-state index contributed by atoms with van der Waals surface area (Å²) in [4.78, 5) is 6.76. The zero-order valence-electron chi connectivity index (χ0n) is 12.1. The Morgan fingerprint density at radius 3 is 2.95 bits per heavy atom. The van der Waals surface area contributed by atoms with Crippen LogP contribution in [0.4, 0.5) is 5.82 Å². The van der Waals surface area contributed by atoms with Gasteiger partial charge in [0.1, 0.15) is 5.82 Å². The minimum Gasteiger partial charge on any atom is -0.373 e. The van der Waals surface area contributed by atoms with Gasteiger partial charge in [0.15, 0.2) is 0 Å². The fraction of sp³-hybridized carbons (Fsp3) is 0.688. The van der Waals surface area contributed by atoms with Gasteiger partial charge in [-0.15, -0.1) is 0 Å². The maximum atomic E-state index is 4.27. The number of nitrogens with zero attached hydrogens (tertiary/aromatic N) is 2. The molecule has 1 N–H and O–H groups in total. The van der Waals surface area contributed by atoms with E-state index in [1.54, 1.807) is 0 Å². The van der Waals surface area contributed by atoms with E-state index in [0.717, 1.165) is 30.1 Å². The normalized spacial score (nSPS) is 29.1. The number of rotatable bonds is 5. The molecule has 104 valence electrons. The summed E-state index contributed by atoms with van der Waals surface area (Å²) in [5.41, 5.74) is 1.35. The Hall–Kier alpha value is -1.09. The zero-order valence-corrected chi connectivity index (χ0v) is 12.1. The molecule has 0 amide bonds. The van der Waals surface area contributed by atoms with Crippen molar-refractivity contribution >= 4 is 5.82 Å². The molecule has 0 spiro atoms. The molecule has 0 radical (unpaired) electrons. The number of fused-ring (bicyclic) bond motifs is 2. The van der Waals surface area contributed by atoms with Crippen LogP contribution in [0.15, 0.2) is 18.3 Å². The van der Waals surface area contributed by atoms with Crippen LogP contribution in [-0.4, -0.2) is 30.5 Å². The van der Waals surface area contributed by atoms with Crippen molar-refractivity contribution in [2.24, 2.45) is 17.8 Å². The van der Waals surface area contributed by atoms with Gasteiger partial charge < -0.3 is 10.2 Å². The summed E-state index contributed by atoms with van der Waals surface area (Å²) in [6.07, 6.45) is 7.88. The third kappa shape index (κ3) is 2.92. The molecule has 19 heavy (non-hydrogen) atoms. The number of anilines is 1. The van der Waals surface area contributed by atoms with E-state index in [0.29, 0.717) is 0 Å². The second-order valence-electron chi connectivity index (χ2n) is 6.43. The molecule has 1 aromatic heterocycles. The monoisotopic (exact) mass is 259 g/mol. The summed E-state index contributed by atoms with van der Waals surface area (Å²) in [6.45, 7) is 2.30. The first-order valence-corrected chi connectivity index (χ1v) is 7.56. The van der Waals surface area contributed by atoms with Crippen molar-refractivity contribution in [3.63, 3.8) is 0 Å². The van der Waals surface area contributed by atoms with Crippen molar-refractivity contribution in [1.82, 2.24) is 9.88 Å². The molecule has 2 saturated carbocycles. The topological polar surface area (TPSA) is 28.2 Å². The van der Waals surface area contributed by atoms with E-state index in [4.69, 9.17) is 0 Å². The van der Waals surface area contributed by atoms with E-state index >= 15 is 0 Å². The van der Waals surface area contributed by atoms with Crippen LogP contribution >= 0.6 is 0 Å². The Morgan fingerprint density at radius 1 is 1.37 bits per heavy atom. The largest absolute Gasteiger partial charge is 0.373 e. The van der Waals surface area contributed by atoms with Crippen LogP contribution in [0, 0.1) is 17.8 Å². The standard InChI is InChI=1S/C16H25N3/c1-17-16-9-13(5-6-18-16)10-19(2)11-15-8-12-3-4-14(15)7-12/h5-6,9,12,14-15H,3-4,7-8,10-11H2,1-2H3,(H,17,18). The highest BCUT2D eigenvalue weighted by molar-refractivity contribution is 5.36. The molecular formula is C16H25N3. The van der Waals surface area contributed by atoms with Gasteiger partial charge in [-0.1, -0.05) is 6.42 Å². The second kappa shape index (κ2) is 5.49. The summed E-state index contributed by atoms with van der Waals surface area (Å²) in [5.74, 6) is 4.00. The highest BCUT2D eigenvalue weighted by Gasteiger charge is 2.39. The van der Waals surface area contributed by atoms with Crippen LogP contribution in [0.1, 0.15) is 31.2 Å². The Labute approximate surface area is 116 Å². The van der Waals surface area contributed by atoms with Gasteiger partial charge in [0.05, 0.1) is 0 Å². The highest BCUT2D eigenvalue weighted by atomic mass is 15.1. The van der Waals surface area contributed by atoms with Crippen LogP contribution < -0.4 is 5.32 Å². The van der Waals surface area contributed by atoms with E-state index in [1.165, 1.54) is 37.8 Å². The van der Waals surface area contributed by atoms with Crippen molar-refractivity contribution in [3.8, 4) is 0 Å². The smallest absolute Gasteiger partial charge is 0.125 e. The number of nitrogens with one attached hydrogen (secondary N) is 1. The molecular weight excluding hydrogens is 234 g/mol. The van der Waals surface area contributed by atoms with Crippen molar-refractivity contribution in [2.75, 3.05) is 26.0 Å². The molecule has 1 heterocycles. The first kappa shape index (κ1) is 12.9. The lowest BCUT2D eigenvalue weighted by atomic mass is 9.88. The fourth-order valence-electron chi connectivity index (χ4n) is 4.09. The number of hydrogen-bond donors (Lipinski definition) is 1. The quantitative estimate of drug-likeness (QED) is 0.881. The zero-order chi connectivity index (χ0) is 13.2. The molecule has 3 nitrogen and oxygen atoms in total. The molecule has 3 unspecified atom stereocenters. The third-order valence-electron chi connectivity index (χ3n) is 4.96. The molecule has 2 aliphatic carbocycles. The van der Waals surface area contributed by atoms with E-state index in [9.17, 15) is 0 Å². The summed E-state index contributed by atoms with van der Waals surface area (Å²) in [6, 6.07) is 4.27. The Kier molecular flexibility index (Phi) is 3.74. The molecule has 2 fully saturated rings. The number of hydrogen-bond acceptors (Lipinski definition) is 3. The molecule has 3 rings (SSSR count). The lowest BCUT2D eigenvalue weighted by Crippen LogP contribution is -2.28. The van der Waals surface area contributed by atoms with E-state index in [-0.39, 0.29) is 0 Å². The van der Waals surface area contributed by atoms with Gasteiger partial charge in [0.25, 0.3) is 0 Å². The van der Waals surface area contributed by atoms with Crippen molar-refractivity contribution in [1.29, 1.82) is 0 Å². The van der Waals surface area contributed by atoms with Crippen molar-refractivity contribution < 1.29 is 0 Å². The van der Waals surface area contributed by atoms with Crippen LogP contribution in [0.3, 0.4) is 0 Å². The third-order valence-corrected chi connectivity index (χ3v) is 4.96. The molecule has 3 atom stereocenters. The average molecular weight is 259 g/mol. The van der Waals surface area contributed by atoms with E-state index in [1.807, 2.05) is 13.2 Å². The minimum atomic E-state index is 0.953. The van der Waals surface area contributed by atoms with Crippen LogP contribution in [0.25, 0.3) is 0 Å². The van der Waals surface area contributed by atoms with Crippen LogP contribution in [-0.2, 0) is 6.54 Å². The number of aromatic nitrogens is 1. The Morgan fingerprint density at radius 2 is 2.26 bits per heavy atom. The first-order chi connectivity index (χ1) is 9.24. The first-order valence-electron chi connectivity index (χ1n) is 7.56. The summed E-state index contributed by atoms with van der Waals surface area (Å²) >= 11 is 0. The van der Waals surface area contributed by atoms with Gasteiger partial charge in [-0.2, -0.15) is 0 Å². The minimum absolute atomic E-state index is 0.953. The summed E-state index contributed by atoms with van der Waals surface area (Å²) in [5, 5.41) is 3.11. The predicted molar refractivity (Wildman–Crippen MR) is 79.1 cm³/mol. The maximum absolute atomic E-state index is 4.27. The van der Waals surface area contributed by atoms with Gasteiger partial charge >= 0.3 is 0 Å². The summed E-state index contributed by atoms with van der Waals surface area (Å²) < 4.78 is 0. The fourth-order valence-corrected chi connectivity index (χ4v) is 4.09. The van der Waals surface area contributed by atoms with Crippen LogP contribution in [0.2, 0.25) is 0 Å². The van der Waals surface area contributed by atoms with Gasteiger partial charge in [-0.05, 0) is 61.8 Å². The second-order valence-corrected chi connectivity index (χ2v) is 6.43. The van der Waals surface area contributed by atoms with E-state index < -0.39 is 0 Å². The molecule has 0 saturated heterocycles. The average Bonchev–Trinajstić information content (AvgIpc) is 3.01. The molecule has 3 heteroatoms. The Balaban J connectivity index is 1.54. The molecule has 1 aromatic rings. The van der Waals surface area contributed by atoms with Gasteiger partial charge in [-0.25, -0.2) is 4.98 Å². The van der Waals surface area contributed by atoms with Crippen LogP contribution in [0.5, 0.6) is 0 Å². The SMILES string of the molecule is CNc1cc(CN(C)CC2CC3CCC2C3)ccn1. The van der Waals surface area contributed by atoms with Gasteiger partial charge in [0.2, 0.25) is 0 Å². The lowest BCUT2D eigenvalue weighted by molar-refractivity contribution is 0.214. The molecule has 2 aliphatic rings. The molecule has 2 bridgehead atoms. The lowest BCUT2D eigenvalue weighted by Gasteiger charge is -2.27. The molecule has 0 aliphatic heterocycles. The van der Waals surface area contributed by atoms with Gasteiger partial charge in [-0.3, -0.25) is 0 Å². The van der Waals surface area contributed by atoms with Crippen molar-refractivity contribution in [3.05, 3.63) is 23.9 Å². The van der Waals surface area contributed by atoms with E-state index in [2.05, 4.69) is 34.4 Å². The van der Waals surface area contributed by atoms with Gasteiger partial charge in [0, 0.05) is 26.3 Å². The van der Waals surface area contributed by atoms with Crippen molar-refractivity contribution in [2.45, 2.75) is 32.2 Å².